The first-order chi connectivity index (χ1) is 21.3. The van der Waals surface area contributed by atoms with Gasteiger partial charge in [-0.15, -0.1) is 11.3 Å². The van der Waals surface area contributed by atoms with Crippen molar-refractivity contribution in [1.82, 2.24) is 20.2 Å². The Labute approximate surface area is 260 Å². The quantitative estimate of drug-likeness (QED) is 0.289. The molecule has 6 heterocycles. The van der Waals surface area contributed by atoms with Crippen molar-refractivity contribution >= 4 is 54.7 Å². The van der Waals surface area contributed by atoms with Crippen molar-refractivity contribution in [1.29, 1.82) is 5.26 Å². The normalized spacial score (nSPS) is 26.5. The molecule has 3 N–H and O–H groups in total. The first-order valence-corrected chi connectivity index (χ1v) is 16.1. The van der Waals surface area contributed by atoms with Crippen LogP contribution in [0.2, 0.25) is 5.02 Å². The third-order valence-corrected chi connectivity index (χ3v) is 11.3. The number of benzene rings is 2. The van der Waals surface area contributed by atoms with Gasteiger partial charge in [0, 0.05) is 55.0 Å². The highest BCUT2D eigenvalue weighted by Gasteiger charge is 2.49. The van der Waals surface area contributed by atoms with Crippen LogP contribution >= 0.6 is 22.9 Å². The number of ether oxygens (including phenoxy) is 1. The minimum Gasteiger partial charge on any atom is -0.461 e. The lowest BCUT2D eigenvalue weighted by atomic mass is 9.95. The van der Waals surface area contributed by atoms with Crippen LogP contribution in [0.4, 0.5) is 24.0 Å². The van der Waals surface area contributed by atoms with Gasteiger partial charge in [0.2, 0.25) is 0 Å². The monoisotopic (exact) mass is 639 g/mol. The summed E-state index contributed by atoms with van der Waals surface area (Å²) in [5.74, 6) is -0.314. The Hall–Kier alpha value is -3.37. The Morgan fingerprint density at radius 2 is 2.11 bits per heavy atom. The average molecular weight is 640 g/mol. The van der Waals surface area contributed by atoms with Crippen LogP contribution in [0.1, 0.15) is 31.2 Å². The maximum Gasteiger partial charge on any atom is 0.319 e. The van der Waals surface area contributed by atoms with Gasteiger partial charge in [-0.05, 0) is 49.4 Å². The molecule has 4 saturated heterocycles. The summed E-state index contributed by atoms with van der Waals surface area (Å²) in [7, 11) is 0. The van der Waals surface area contributed by atoms with Gasteiger partial charge in [-0.1, -0.05) is 17.7 Å². The molecule has 2 aromatic heterocycles. The fraction of sp³-hybridized carbons (Fsp3) is 0.452. The summed E-state index contributed by atoms with van der Waals surface area (Å²) in [6, 6.07) is 6.50. The maximum atomic E-state index is 16.9. The zero-order chi connectivity index (χ0) is 30.3. The molecule has 8 rings (SSSR count). The number of aromatic nitrogens is 2. The molecule has 0 spiro atoms. The van der Waals surface area contributed by atoms with Crippen molar-refractivity contribution in [2.45, 2.75) is 43.4 Å². The second kappa shape index (κ2) is 10.3. The number of hydrogen-bond donors (Lipinski definition) is 2. The van der Waals surface area contributed by atoms with Crippen LogP contribution in [-0.2, 0) is 0 Å². The minimum atomic E-state index is -0.914. The summed E-state index contributed by atoms with van der Waals surface area (Å²) in [5.41, 5.74) is 5.95. The van der Waals surface area contributed by atoms with E-state index in [9.17, 15) is 14.0 Å². The van der Waals surface area contributed by atoms with Gasteiger partial charge in [-0.25, -0.2) is 13.2 Å². The molecule has 13 heteroatoms. The molecular weight excluding hydrogens is 611 g/mol. The van der Waals surface area contributed by atoms with Crippen LogP contribution in [-0.4, -0.2) is 72.0 Å². The van der Waals surface area contributed by atoms with Crippen molar-refractivity contribution in [3.63, 3.8) is 0 Å². The Morgan fingerprint density at radius 3 is 2.95 bits per heavy atom. The van der Waals surface area contributed by atoms with E-state index in [1.807, 2.05) is 6.07 Å². The van der Waals surface area contributed by atoms with Crippen LogP contribution in [0.15, 0.2) is 18.2 Å². The highest BCUT2D eigenvalue weighted by molar-refractivity contribution is 7.23. The van der Waals surface area contributed by atoms with Crippen LogP contribution < -0.4 is 20.7 Å². The van der Waals surface area contributed by atoms with Crippen molar-refractivity contribution in [2.24, 2.45) is 5.92 Å². The Kier molecular flexibility index (Phi) is 6.61. The zero-order valence-electron chi connectivity index (χ0n) is 23.7. The van der Waals surface area contributed by atoms with Crippen LogP contribution in [0, 0.1) is 28.9 Å². The number of nitrogens with two attached hydrogens (primary N) is 1. The Balaban J connectivity index is 1.30. The van der Waals surface area contributed by atoms with Crippen molar-refractivity contribution in [2.75, 3.05) is 50.0 Å². The number of halogens is 4. The number of alkyl halides is 1. The number of fused-ring (bicyclic) bond motifs is 4. The van der Waals surface area contributed by atoms with Gasteiger partial charge in [0.05, 0.1) is 20.8 Å². The smallest absolute Gasteiger partial charge is 0.319 e. The first-order valence-electron chi connectivity index (χ1n) is 14.9. The van der Waals surface area contributed by atoms with Gasteiger partial charge in [-0.2, -0.15) is 15.2 Å². The zero-order valence-corrected chi connectivity index (χ0v) is 25.2. The number of nitrogens with zero attached hydrogens (tertiary/aromatic N) is 5. The van der Waals surface area contributed by atoms with E-state index in [1.54, 1.807) is 6.07 Å². The molecule has 228 valence electrons. The van der Waals surface area contributed by atoms with Crippen LogP contribution in [0.3, 0.4) is 0 Å². The van der Waals surface area contributed by atoms with Gasteiger partial charge in [0.15, 0.2) is 5.82 Å². The van der Waals surface area contributed by atoms with E-state index in [-0.39, 0.29) is 61.0 Å². The van der Waals surface area contributed by atoms with E-state index in [0.29, 0.717) is 30.1 Å². The van der Waals surface area contributed by atoms with Gasteiger partial charge in [0.1, 0.15) is 41.0 Å². The lowest BCUT2D eigenvalue weighted by Gasteiger charge is -2.31. The first kappa shape index (κ1) is 28.1. The van der Waals surface area contributed by atoms with Crippen molar-refractivity contribution in [3.8, 4) is 23.2 Å². The average Bonchev–Trinajstić information content (AvgIpc) is 3.80. The maximum absolute atomic E-state index is 16.9. The highest BCUT2D eigenvalue weighted by Crippen LogP contribution is 2.47. The molecule has 4 aromatic rings. The molecule has 0 aliphatic carbocycles. The third-order valence-electron chi connectivity index (χ3n) is 9.99. The summed E-state index contributed by atoms with van der Waals surface area (Å²) in [6.07, 6.45) is 2.21. The highest BCUT2D eigenvalue weighted by atomic mass is 35.5. The number of rotatable bonds is 5. The summed E-state index contributed by atoms with van der Waals surface area (Å²) in [6.45, 7) is 3.83. The number of nitrogens with one attached hydrogen (secondary N) is 1. The summed E-state index contributed by atoms with van der Waals surface area (Å²) in [4.78, 5) is 13.7. The number of nitriles is 1. The molecule has 4 aliphatic rings. The summed E-state index contributed by atoms with van der Waals surface area (Å²) < 4.78 is 52.6. The molecule has 0 radical (unpaired) electrons. The summed E-state index contributed by atoms with van der Waals surface area (Å²) in [5, 5.41) is 14.1. The third kappa shape index (κ3) is 4.16. The van der Waals surface area contributed by atoms with E-state index in [0.717, 1.165) is 56.8 Å². The molecule has 4 aliphatic heterocycles. The molecule has 2 aromatic carbocycles. The fourth-order valence-electron chi connectivity index (χ4n) is 7.96. The Morgan fingerprint density at radius 1 is 1.25 bits per heavy atom. The lowest BCUT2D eigenvalue weighted by molar-refractivity contribution is 0.107. The van der Waals surface area contributed by atoms with E-state index in [2.05, 4.69) is 20.1 Å². The minimum absolute atomic E-state index is 0.00692. The molecular formula is C31H29ClF3N7OS. The second-order valence-electron chi connectivity index (χ2n) is 12.4. The molecule has 4 atom stereocenters. The topological polar surface area (TPSA) is 103 Å². The van der Waals surface area contributed by atoms with Crippen molar-refractivity contribution < 1.29 is 17.9 Å². The predicted octanol–water partition coefficient (Wildman–Crippen LogP) is 5.65. The van der Waals surface area contributed by atoms with Crippen molar-refractivity contribution in [3.05, 3.63) is 40.4 Å². The molecule has 4 fully saturated rings. The van der Waals surface area contributed by atoms with Gasteiger partial charge >= 0.3 is 6.01 Å². The largest absolute Gasteiger partial charge is 0.461 e. The Bertz CT molecular complexity index is 1880. The predicted molar refractivity (Wildman–Crippen MR) is 165 cm³/mol. The lowest BCUT2D eigenvalue weighted by Crippen LogP contribution is -2.43. The standard InChI is InChI=1S/C31H29ClF3N7OS/c32-20-8-18-26(25(35)24(20)17-2-3-21(34)27-23(17)19(10-36)28(37)44-27)39-30(40-29(18)42-7-4-15-11-38-12-22(15)42)43-14-31-5-1-6-41(31)13-16(33)9-31/h2-3,8,15-16,22,38H,1,4-7,9,11-14,37H2/t15?,16-,22?,31+/m1/s1. The SMILES string of the molecule is N#Cc1c(N)sc2c(F)ccc(-c3c(Cl)cc4c(N5CCC6CNCC65)nc(OC[C@@]56CCCN5C[C@H](F)C6)nc4c3F)c12. The van der Waals surface area contributed by atoms with E-state index >= 15 is 4.39 Å². The molecule has 0 amide bonds. The van der Waals surface area contributed by atoms with E-state index in [1.165, 1.54) is 12.1 Å². The van der Waals surface area contributed by atoms with Crippen LogP contribution in [0.5, 0.6) is 6.01 Å². The number of thiophene rings is 1. The van der Waals surface area contributed by atoms with Gasteiger partial charge < -0.3 is 20.7 Å². The molecule has 44 heavy (non-hydrogen) atoms. The molecule has 0 bridgehead atoms. The number of anilines is 2. The number of nitrogen functional groups attached to an aromatic ring is 1. The summed E-state index contributed by atoms with van der Waals surface area (Å²) >= 11 is 7.77. The molecule has 8 nitrogen and oxygen atoms in total. The second-order valence-corrected chi connectivity index (χ2v) is 13.8. The molecule has 2 unspecified atom stereocenters. The fourth-order valence-corrected chi connectivity index (χ4v) is 9.20. The van der Waals surface area contributed by atoms with Gasteiger partial charge in [0.25, 0.3) is 0 Å². The van der Waals surface area contributed by atoms with Gasteiger partial charge in [-0.3, -0.25) is 4.90 Å². The van der Waals surface area contributed by atoms with E-state index < -0.39 is 23.3 Å². The van der Waals surface area contributed by atoms with E-state index in [4.69, 9.17) is 27.1 Å². The molecule has 0 saturated carbocycles. The van der Waals surface area contributed by atoms with Crippen LogP contribution in [0.25, 0.3) is 32.1 Å². The number of hydrogen-bond acceptors (Lipinski definition) is 9.